The summed E-state index contributed by atoms with van der Waals surface area (Å²) < 4.78 is 40.0. The zero-order chi connectivity index (χ0) is 21.8. The molecule has 1 aliphatic carbocycles. The molecule has 2 aliphatic rings. The van der Waals surface area contributed by atoms with Crippen LogP contribution in [0.2, 0.25) is 0 Å². The third kappa shape index (κ3) is 5.30. The van der Waals surface area contributed by atoms with Crippen molar-refractivity contribution in [2.24, 2.45) is 11.8 Å². The minimum atomic E-state index is -4.46. The van der Waals surface area contributed by atoms with Crippen molar-refractivity contribution < 1.29 is 18.0 Å². The Balaban J connectivity index is 1.56. The smallest absolute Gasteiger partial charge is 0.370 e. The van der Waals surface area contributed by atoms with Gasteiger partial charge in [0.15, 0.2) is 0 Å². The normalized spacial score (nSPS) is 21.7. The second kappa shape index (κ2) is 9.16. The summed E-state index contributed by atoms with van der Waals surface area (Å²) in [4.78, 5) is 14.7. The molecule has 1 N–H and O–H groups in total. The summed E-state index contributed by atoms with van der Waals surface area (Å²) in [7, 11) is 0. The number of fused-ring (bicyclic) bond motifs is 1. The predicted molar refractivity (Wildman–Crippen MR) is 118 cm³/mol. The largest absolute Gasteiger partial charge is 0.416 e. The molecule has 0 bridgehead atoms. The number of amides is 1. The van der Waals surface area contributed by atoms with Gasteiger partial charge in [-0.1, -0.05) is 49.6 Å². The van der Waals surface area contributed by atoms with Crippen LogP contribution in [-0.2, 0) is 11.0 Å². The number of benzene rings is 2. The Kier molecular flexibility index (Phi) is 6.35. The van der Waals surface area contributed by atoms with Crippen LogP contribution in [0, 0.1) is 11.8 Å². The van der Waals surface area contributed by atoms with Crippen molar-refractivity contribution in [2.75, 3.05) is 23.3 Å². The van der Waals surface area contributed by atoms with Crippen LogP contribution in [0.5, 0.6) is 0 Å². The van der Waals surface area contributed by atoms with Crippen molar-refractivity contribution >= 4 is 23.4 Å². The molecule has 4 rings (SSSR count). The molecular formula is C25H27F3N2O. The minimum absolute atomic E-state index is 0.215. The fraction of sp³-hybridized carbons (Fsp3) is 0.400. The van der Waals surface area contributed by atoms with Crippen LogP contribution in [0.15, 0.2) is 54.6 Å². The van der Waals surface area contributed by atoms with E-state index in [1.807, 2.05) is 30.3 Å². The van der Waals surface area contributed by atoms with E-state index >= 15 is 0 Å². The first-order valence-electron chi connectivity index (χ1n) is 10.9. The minimum Gasteiger partial charge on any atom is -0.370 e. The van der Waals surface area contributed by atoms with Gasteiger partial charge in [-0.2, -0.15) is 13.2 Å². The van der Waals surface area contributed by atoms with Gasteiger partial charge in [0.05, 0.1) is 16.9 Å². The van der Waals surface area contributed by atoms with E-state index in [4.69, 9.17) is 0 Å². The lowest BCUT2D eigenvalue weighted by Gasteiger charge is -2.42. The highest BCUT2D eigenvalue weighted by Gasteiger charge is 2.34. The van der Waals surface area contributed by atoms with Crippen molar-refractivity contribution in [1.82, 2.24) is 0 Å². The van der Waals surface area contributed by atoms with E-state index in [-0.39, 0.29) is 5.69 Å². The topological polar surface area (TPSA) is 32.3 Å². The van der Waals surface area contributed by atoms with E-state index < -0.39 is 17.6 Å². The Morgan fingerprint density at radius 3 is 2.48 bits per heavy atom. The van der Waals surface area contributed by atoms with Crippen molar-refractivity contribution in [3.8, 4) is 0 Å². The second-order valence-corrected chi connectivity index (χ2v) is 8.50. The zero-order valence-electron chi connectivity index (χ0n) is 17.4. The van der Waals surface area contributed by atoms with Crippen LogP contribution in [-0.4, -0.2) is 19.0 Å². The van der Waals surface area contributed by atoms with E-state index in [0.717, 1.165) is 37.2 Å². The maximum Gasteiger partial charge on any atom is 0.416 e. The summed E-state index contributed by atoms with van der Waals surface area (Å²) in [6, 6.07) is 13.0. The van der Waals surface area contributed by atoms with Gasteiger partial charge in [0.25, 0.3) is 0 Å². The van der Waals surface area contributed by atoms with Crippen LogP contribution in [0.25, 0.3) is 6.08 Å². The lowest BCUT2D eigenvalue weighted by Crippen LogP contribution is -2.42. The molecule has 0 aromatic heterocycles. The first-order chi connectivity index (χ1) is 14.9. The number of nitrogens with one attached hydrogen (secondary N) is 1. The van der Waals surface area contributed by atoms with Gasteiger partial charge in [-0.3, -0.25) is 4.79 Å². The number of hydrogen-bond donors (Lipinski definition) is 1. The molecule has 2 aromatic carbocycles. The molecule has 1 amide bonds. The van der Waals surface area contributed by atoms with Gasteiger partial charge in [0.1, 0.15) is 0 Å². The van der Waals surface area contributed by atoms with Gasteiger partial charge in [-0.15, -0.1) is 0 Å². The molecule has 0 spiro atoms. The molecule has 2 fully saturated rings. The van der Waals surface area contributed by atoms with Crippen LogP contribution in [0.1, 0.15) is 43.2 Å². The van der Waals surface area contributed by atoms with Crippen LogP contribution in [0.4, 0.5) is 24.5 Å². The molecule has 0 unspecified atom stereocenters. The average molecular weight is 428 g/mol. The van der Waals surface area contributed by atoms with E-state index in [9.17, 15) is 18.0 Å². The highest BCUT2D eigenvalue weighted by molar-refractivity contribution is 6.04. The Labute approximate surface area is 180 Å². The summed E-state index contributed by atoms with van der Waals surface area (Å²) in [5.41, 5.74) is 0.970. The van der Waals surface area contributed by atoms with Crippen LogP contribution < -0.4 is 10.2 Å². The van der Waals surface area contributed by atoms with E-state index in [1.165, 1.54) is 37.8 Å². The number of anilines is 2. The third-order valence-electron chi connectivity index (χ3n) is 6.44. The Morgan fingerprint density at radius 2 is 1.74 bits per heavy atom. The van der Waals surface area contributed by atoms with Gasteiger partial charge in [-0.25, -0.2) is 0 Å². The summed E-state index contributed by atoms with van der Waals surface area (Å²) in [5, 5.41) is 2.70. The summed E-state index contributed by atoms with van der Waals surface area (Å²) in [5.74, 6) is 0.842. The molecule has 1 aliphatic heterocycles. The van der Waals surface area contributed by atoms with Crippen molar-refractivity contribution in [2.45, 2.75) is 38.3 Å². The first-order valence-corrected chi connectivity index (χ1v) is 10.9. The monoisotopic (exact) mass is 428 g/mol. The molecule has 0 radical (unpaired) electrons. The Hall–Kier alpha value is -2.76. The van der Waals surface area contributed by atoms with Gasteiger partial charge in [0, 0.05) is 19.2 Å². The third-order valence-corrected chi connectivity index (χ3v) is 6.44. The second-order valence-electron chi connectivity index (χ2n) is 8.50. The van der Waals surface area contributed by atoms with Crippen LogP contribution in [0.3, 0.4) is 0 Å². The Morgan fingerprint density at radius 1 is 1.00 bits per heavy atom. The fourth-order valence-electron chi connectivity index (χ4n) is 4.82. The number of halogens is 3. The molecule has 3 nitrogen and oxygen atoms in total. The summed E-state index contributed by atoms with van der Waals surface area (Å²) >= 11 is 0. The maximum atomic E-state index is 13.3. The summed E-state index contributed by atoms with van der Waals surface area (Å²) in [6.45, 7) is 1.63. The summed E-state index contributed by atoms with van der Waals surface area (Å²) in [6.07, 6.45) is 4.50. The molecule has 31 heavy (non-hydrogen) atoms. The van der Waals surface area contributed by atoms with Gasteiger partial charge >= 0.3 is 6.18 Å². The Bertz CT molecular complexity index is 940. The maximum absolute atomic E-state index is 13.3. The number of hydrogen-bond acceptors (Lipinski definition) is 2. The molecule has 164 valence electrons. The SMILES string of the molecule is O=C(C=Cc1ccccc1)Nc1cc(C(F)(F)F)ccc1N1CC[C@@H]2CCCC[C@H]2C1. The van der Waals surface area contributed by atoms with E-state index in [2.05, 4.69) is 10.2 Å². The number of nitrogens with zero attached hydrogens (tertiary/aromatic N) is 1. The first kappa shape index (κ1) is 21.5. The highest BCUT2D eigenvalue weighted by atomic mass is 19.4. The molecule has 2 atom stereocenters. The van der Waals surface area contributed by atoms with E-state index in [0.29, 0.717) is 17.5 Å². The van der Waals surface area contributed by atoms with Gasteiger partial charge < -0.3 is 10.2 Å². The highest BCUT2D eigenvalue weighted by Crippen LogP contribution is 2.41. The van der Waals surface area contributed by atoms with Gasteiger partial charge in [-0.05, 0) is 54.5 Å². The zero-order valence-corrected chi connectivity index (χ0v) is 17.4. The molecule has 2 aromatic rings. The standard InChI is InChI=1S/C25H27F3N2O/c26-25(27,28)21-11-12-23(30-15-14-19-8-4-5-9-20(19)17-30)22(16-21)29-24(31)13-10-18-6-2-1-3-7-18/h1-3,6-7,10-13,16,19-20H,4-5,8-9,14-15,17H2,(H,29,31)/t19-,20-/m0/s1. The quantitative estimate of drug-likeness (QED) is 0.574. The molecule has 1 saturated carbocycles. The van der Waals surface area contributed by atoms with Crippen molar-refractivity contribution in [3.05, 3.63) is 65.7 Å². The predicted octanol–water partition coefficient (Wildman–Crippen LogP) is 6.37. The number of carbonyl (C=O) groups excluding carboxylic acids is 1. The van der Waals surface area contributed by atoms with Crippen molar-refractivity contribution in [1.29, 1.82) is 0 Å². The number of carbonyl (C=O) groups is 1. The molecular weight excluding hydrogens is 401 g/mol. The van der Waals surface area contributed by atoms with Gasteiger partial charge in [0.2, 0.25) is 5.91 Å². The molecule has 6 heteroatoms. The van der Waals surface area contributed by atoms with Crippen LogP contribution >= 0.6 is 0 Å². The number of rotatable bonds is 4. The number of alkyl halides is 3. The lowest BCUT2D eigenvalue weighted by molar-refractivity contribution is -0.137. The number of piperidine rings is 1. The molecule has 1 saturated heterocycles. The van der Waals surface area contributed by atoms with Crippen molar-refractivity contribution in [3.63, 3.8) is 0 Å². The van der Waals surface area contributed by atoms with E-state index in [1.54, 1.807) is 6.08 Å². The average Bonchev–Trinajstić information content (AvgIpc) is 2.77. The molecule has 1 heterocycles. The lowest BCUT2D eigenvalue weighted by atomic mass is 9.75. The fourth-order valence-corrected chi connectivity index (χ4v) is 4.82.